The molecule has 0 N–H and O–H groups in total. The van der Waals surface area contributed by atoms with Gasteiger partial charge >= 0.3 is 0 Å². The van der Waals surface area contributed by atoms with Crippen molar-refractivity contribution in [3.63, 3.8) is 0 Å². The van der Waals surface area contributed by atoms with Gasteiger partial charge in [0.1, 0.15) is 5.75 Å². The number of carbonyl (C=O) groups is 2. The first-order chi connectivity index (χ1) is 17.0. The zero-order valence-electron chi connectivity index (χ0n) is 20.5. The van der Waals surface area contributed by atoms with E-state index >= 15 is 0 Å². The lowest BCUT2D eigenvalue weighted by Crippen LogP contribution is -2.48. The van der Waals surface area contributed by atoms with Gasteiger partial charge in [-0.05, 0) is 85.5 Å². The Bertz CT molecular complexity index is 1120. The predicted octanol–water partition coefficient (Wildman–Crippen LogP) is 5.25. The molecular formula is C28H32N2O4S. The minimum Gasteiger partial charge on any atom is -0.497 e. The smallest absolute Gasteiger partial charge is 0.289 e. The van der Waals surface area contributed by atoms with E-state index in [4.69, 9.17) is 9.15 Å². The first-order valence-electron chi connectivity index (χ1n) is 11.9. The van der Waals surface area contributed by atoms with Gasteiger partial charge in [0.05, 0.1) is 13.4 Å². The van der Waals surface area contributed by atoms with Crippen LogP contribution < -0.4 is 4.74 Å². The van der Waals surface area contributed by atoms with Gasteiger partial charge in [0.25, 0.3) is 11.8 Å². The molecule has 3 aromatic rings. The summed E-state index contributed by atoms with van der Waals surface area (Å²) in [7, 11) is 3.50. The van der Waals surface area contributed by atoms with Crippen LogP contribution in [0.1, 0.15) is 39.3 Å². The quantitative estimate of drug-likeness (QED) is 0.402. The summed E-state index contributed by atoms with van der Waals surface area (Å²) in [6, 6.07) is 19.2. The molecule has 1 aromatic heterocycles. The van der Waals surface area contributed by atoms with Crippen LogP contribution in [0.3, 0.4) is 0 Å². The zero-order valence-corrected chi connectivity index (χ0v) is 21.3. The molecule has 7 heteroatoms. The number of carbonyl (C=O) groups excluding carboxylic acids is 2. The Morgan fingerprint density at radius 1 is 1.11 bits per heavy atom. The third-order valence-corrected chi connectivity index (χ3v) is 7.58. The highest BCUT2D eigenvalue weighted by atomic mass is 32.2. The number of methoxy groups -OCH3 is 1. The van der Waals surface area contributed by atoms with Crippen molar-refractivity contribution in [2.75, 3.05) is 33.5 Å². The van der Waals surface area contributed by atoms with Crippen LogP contribution in [0, 0.1) is 5.92 Å². The Balaban J connectivity index is 1.48. The number of thioether (sulfide) groups is 1. The van der Waals surface area contributed by atoms with Crippen molar-refractivity contribution in [3.8, 4) is 5.75 Å². The lowest BCUT2D eigenvalue weighted by atomic mass is 9.84. The minimum atomic E-state index is -0.129. The van der Waals surface area contributed by atoms with Crippen LogP contribution in [0.2, 0.25) is 0 Å². The lowest BCUT2D eigenvalue weighted by molar-refractivity contribution is 0.0504. The van der Waals surface area contributed by atoms with E-state index in [1.807, 2.05) is 65.6 Å². The Morgan fingerprint density at radius 3 is 2.49 bits per heavy atom. The number of benzene rings is 2. The number of likely N-dealkylation sites (N-methyl/N-ethyl adjacent to an activating group) is 1. The molecule has 0 aliphatic carbocycles. The second-order valence-electron chi connectivity index (χ2n) is 8.87. The predicted molar refractivity (Wildman–Crippen MR) is 138 cm³/mol. The third-order valence-electron chi connectivity index (χ3n) is 6.84. The van der Waals surface area contributed by atoms with Crippen molar-refractivity contribution in [3.05, 3.63) is 83.8 Å². The number of hydrogen-bond donors (Lipinski definition) is 0. The number of hydrogen-bond acceptors (Lipinski definition) is 5. The van der Waals surface area contributed by atoms with E-state index in [2.05, 4.69) is 6.07 Å². The van der Waals surface area contributed by atoms with E-state index in [0.29, 0.717) is 25.3 Å². The summed E-state index contributed by atoms with van der Waals surface area (Å²) in [5.41, 5.74) is 1.83. The fourth-order valence-electron chi connectivity index (χ4n) is 4.79. The molecule has 1 saturated heterocycles. The zero-order chi connectivity index (χ0) is 24.8. The van der Waals surface area contributed by atoms with Crippen LogP contribution in [0.5, 0.6) is 5.75 Å². The van der Waals surface area contributed by atoms with Gasteiger partial charge in [-0.3, -0.25) is 9.59 Å². The molecule has 2 aromatic carbocycles. The van der Waals surface area contributed by atoms with Gasteiger partial charge in [-0.2, -0.15) is 0 Å². The molecule has 2 heterocycles. The molecular weight excluding hydrogens is 460 g/mol. The monoisotopic (exact) mass is 492 g/mol. The third kappa shape index (κ3) is 5.90. The number of rotatable bonds is 8. The molecule has 0 spiro atoms. The number of furan rings is 1. The van der Waals surface area contributed by atoms with Crippen molar-refractivity contribution in [2.45, 2.75) is 30.2 Å². The van der Waals surface area contributed by atoms with Crippen molar-refractivity contribution >= 4 is 23.6 Å². The molecule has 6 nitrogen and oxygen atoms in total. The first kappa shape index (κ1) is 24.9. The molecule has 4 rings (SSSR count). The van der Waals surface area contributed by atoms with Crippen LogP contribution in [-0.2, 0) is 6.42 Å². The molecule has 0 unspecified atom stereocenters. The number of piperidine rings is 1. The summed E-state index contributed by atoms with van der Waals surface area (Å²) in [5, 5.41) is 0. The summed E-state index contributed by atoms with van der Waals surface area (Å²) >= 11 is 1.66. The van der Waals surface area contributed by atoms with Gasteiger partial charge in [0.15, 0.2) is 5.76 Å². The normalized spacial score (nSPS) is 15.0. The van der Waals surface area contributed by atoms with E-state index in [0.717, 1.165) is 34.6 Å². The second kappa shape index (κ2) is 11.5. The van der Waals surface area contributed by atoms with E-state index in [1.165, 1.54) is 6.26 Å². The number of amides is 2. The summed E-state index contributed by atoms with van der Waals surface area (Å²) < 4.78 is 10.8. The fourth-order valence-corrected chi connectivity index (χ4v) is 5.20. The second-order valence-corrected chi connectivity index (χ2v) is 9.75. The van der Waals surface area contributed by atoms with Crippen molar-refractivity contribution in [2.24, 2.45) is 5.92 Å². The molecule has 1 aliphatic rings. The van der Waals surface area contributed by atoms with E-state index in [1.54, 1.807) is 31.0 Å². The molecule has 0 bridgehead atoms. The number of likely N-dealkylation sites (tertiary alicyclic amines) is 1. The van der Waals surface area contributed by atoms with E-state index in [9.17, 15) is 9.59 Å². The van der Waals surface area contributed by atoms with Gasteiger partial charge < -0.3 is 19.0 Å². The van der Waals surface area contributed by atoms with Crippen LogP contribution in [-0.4, -0.2) is 61.2 Å². The van der Waals surface area contributed by atoms with Crippen LogP contribution >= 0.6 is 11.8 Å². The number of ether oxygens (including phenoxy) is 1. The van der Waals surface area contributed by atoms with Crippen LogP contribution in [0.25, 0.3) is 0 Å². The Morgan fingerprint density at radius 2 is 1.86 bits per heavy atom. The SMILES string of the molecule is COc1cccc(C[C@H](C2CCN(C(=O)c3ccc(SC)cc3)CC2)N(C)C(=O)c2ccco2)c1. The number of nitrogens with zero attached hydrogens (tertiary/aromatic N) is 2. The highest BCUT2D eigenvalue weighted by Crippen LogP contribution is 2.29. The largest absolute Gasteiger partial charge is 0.497 e. The molecule has 0 saturated carbocycles. The topological polar surface area (TPSA) is 63.0 Å². The molecule has 0 radical (unpaired) electrons. The maximum atomic E-state index is 13.2. The first-order valence-corrected chi connectivity index (χ1v) is 13.1. The average molecular weight is 493 g/mol. The maximum Gasteiger partial charge on any atom is 0.289 e. The van der Waals surface area contributed by atoms with Gasteiger partial charge in [-0.15, -0.1) is 11.8 Å². The molecule has 184 valence electrons. The van der Waals surface area contributed by atoms with Gasteiger partial charge in [0.2, 0.25) is 0 Å². The summed E-state index contributed by atoms with van der Waals surface area (Å²) in [4.78, 5) is 31.1. The molecule has 2 amide bonds. The Hall–Kier alpha value is -3.19. The molecule has 1 fully saturated rings. The van der Waals surface area contributed by atoms with Crippen molar-refractivity contribution < 1.29 is 18.7 Å². The van der Waals surface area contributed by atoms with E-state index in [-0.39, 0.29) is 23.8 Å². The maximum absolute atomic E-state index is 13.2. The van der Waals surface area contributed by atoms with Crippen molar-refractivity contribution in [1.29, 1.82) is 0 Å². The Kier molecular flexibility index (Phi) is 8.18. The molecule has 1 atom stereocenters. The fraction of sp³-hybridized carbons (Fsp3) is 0.357. The summed E-state index contributed by atoms with van der Waals surface area (Å²) in [5.74, 6) is 1.34. The highest BCUT2D eigenvalue weighted by molar-refractivity contribution is 7.98. The lowest BCUT2D eigenvalue weighted by Gasteiger charge is -2.40. The van der Waals surface area contributed by atoms with Crippen LogP contribution in [0.4, 0.5) is 0 Å². The Labute approximate surface area is 211 Å². The highest BCUT2D eigenvalue weighted by Gasteiger charge is 2.34. The van der Waals surface area contributed by atoms with Gasteiger partial charge in [-0.1, -0.05) is 12.1 Å². The standard InChI is InChI=1S/C28H32N2O4S/c1-29(28(32)26-8-5-17-34-26)25(19-20-6-4-7-23(18-20)33-2)21-13-15-30(16-14-21)27(31)22-9-11-24(35-3)12-10-22/h4-12,17-18,21,25H,13-16,19H2,1-3H3/t25-/m1/s1. The van der Waals surface area contributed by atoms with Crippen molar-refractivity contribution in [1.82, 2.24) is 9.80 Å². The van der Waals surface area contributed by atoms with E-state index < -0.39 is 0 Å². The summed E-state index contributed by atoms with van der Waals surface area (Å²) in [6.07, 6.45) is 5.91. The summed E-state index contributed by atoms with van der Waals surface area (Å²) in [6.45, 7) is 1.34. The van der Waals surface area contributed by atoms with Gasteiger partial charge in [-0.25, -0.2) is 0 Å². The molecule has 1 aliphatic heterocycles. The molecule has 35 heavy (non-hydrogen) atoms. The average Bonchev–Trinajstić information content (AvgIpc) is 3.46. The minimum absolute atomic E-state index is 0.0298. The van der Waals surface area contributed by atoms with Gasteiger partial charge in [0, 0.05) is 36.6 Å². The van der Waals surface area contributed by atoms with Crippen LogP contribution in [0.15, 0.2) is 76.2 Å².